The fourth-order valence-electron chi connectivity index (χ4n) is 3.41. The van der Waals surface area contributed by atoms with Crippen LogP contribution in [0.15, 0.2) is 18.3 Å². The molecule has 0 aliphatic carbocycles. The Morgan fingerprint density at radius 1 is 1.43 bits per heavy atom. The lowest BCUT2D eigenvalue weighted by atomic mass is 9.79. The molecule has 0 radical (unpaired) electrons. The van der Waals surface area contributed by atoms with E-state index in [9.17, 15) is 9.18 Å². The van der Waals surface area contributed by atoms with Crippen LogP contribution < -0.4 is 5.73 Å². The van der Waals surface area contributed by atoms with Gasteiger partial charge in [-0.05, 0) is 41.9 Å². The van der Waals surface area contributed by atoms with Gasteiger partial charge in [-0.2, -0.15) is 16.9 Å². The van der Waals surface area contributed by atoms with E-state index in [1.165, 1.54) is 6.07 Å². The molecule has 0 saturated carbocycles. The molecule has 1 saturated heterocycles. The minimum Gasteiger partial charge on any atom is -0.366 e. The van der Waals surface area contributed by atoms with Crippen LogP contribution in [0.1, 0.15) is 35.7 Å². The maximum absolute atomic E-state index is 13.8. The van der Waals surface area contributed by atoms with Crippen molar-refractivity contribution < 1.29 is 9.18 Å². The molecule has 23 heavy (non-hydrogen) atoms. The van der Waals surface area contributed by atoms with Gasteiger partial charge in [-0.15, -0.1) is 0 Å². The van der Waals surface area contributed by atoms with Gasteiger partial charge in [-0.25, -0.2) is 8.91 Å². The quantitative estimate of drug-likeness (QED) is 0.757. The van der Waals surface area contributed by atoms with Gasteiger partial charge in [0.05, 0.1) is 17.3 Å². The molecule has 1 amide bonds. The highest BCUT2D eigenvalue weighted by Gasteiger charge is 2.33. The predicted molar refractivity (Wildman–Crippen MR) is 89.4 cm³/mol. The maximum atomic E-state index is 13.8. The number of primary amides is 1. The van der Waals surface area contributed by atoms with Crippen molar-refractivity contribution in [2.75, 3.05) is 11.5 Å². The smallest absolute Gasteiger partial charge is 0.251 e. The molecule has 1 aromatic carbocycles. The Bertz CT molecular complexity index is 923. The topological polar surface area (TPSA) is 76.2 Å². The molecule has 1 aliphatic heterocycles. The molecule has 0 spiro atoms. The Morgan fingerprint density at radius 3 is 2.87 bits per heavy atom. The second-order valence-electron chi connectivity index (χ2n) is 6.33. The second-order valence-corrected chi connectivity index (χ2v) is 7.56. The molecule has 120 valence electrons. The fraction of sp³-hybridized carbons (Fsp3) is 0.375. The van der Waals surface area contributed by atoms with E-state index >= 15 is 0 Å². The van der Waals surface area contributed by atoms with E-state index in [0.717, 1.165) is 41.6 Å². The summed E-state index contributed by atoms with van der Waals surface area (Å²) >= 11 is 1.97. The minimum absolute atomic E-state index is 0.0410. The summed E-state index contributed by atoms with van der Waals surface area (Å²) in [5.74, 6) is 1.09. The number of H-pyrrole nitrogens is 1. The number of rotatable bonds is 2. The Kier molecular flexibility index (Phi) is 3.16. The van der Waals surface area contributed by atoms with Gasteiger partial charge < -0.3 is 10.7 Å². The van der Waals surface area contributed by atoms with Gasteiger partial charge in [0, 0.05) is 5.56 Å². The van der Waals surface area contributed by atoms with Crippen molar-refractivity contribution in [3.8, 4) is 0 Å². The van der Waals surface area contributed by atoms with Gasteiger partial charge >= 0.3 is 0 Å². The van der Waals surface area contributed by atoms with Crippen LogP contribution in [0.25, 0.3) is 16.7 Å². The first-order chi connectivity index (χ1) is 11.0. The number of halogens is 1. The summed E-state index contributed by atoms with van der Waals surface area (Å²) in [6, 6.07) is 2.54. The Labute approximate surface area is 136 Å². The number of thioether (sulfide) groups is 1. The number of fused-ring (bicyclic) bond motifs is 3. The number of hydrogen-bond donors (Lipinski definition) is 2. The number of nitrogens with two attached hydrogens (primary N) is 1. The molecule has 0 unspecified atom stereocenters. The molecule has 3 N–H and O–H groups in total. The minimum atomic E-state index is -0.660. The van der Waals surface area contributed by atoms with Crippen LogP contribution in [-0.4, -0.2) is 32.0 Å². The number of carbonyl (C=O) groups excluding carboxylic acids is 1. The van der Waals surface area contributed by atoms with Crippen molar-refractivity contribution in [2.24, 2.45) is 5.73 Å². The van der Waals surface area contributed by atoms with E-state index in [4.69, 9.17) is 5.73 Å². The lowest BCUT2D eigenvalue weighted by Gasteiger charge is -2.32. The average Bonchev–Trinajstić information content (AvgIpc) is 3.05. The van der Waals surface area contributed by atoms with E-state index in [0.29, 0.717) is 11.0 Å². The highest BCUT2D eigenvalue weighted by Crippen LogP contribution is 2.40. The van der Waals surface area contributed by atoms with Crippen LogP contribution in [0.3, 0.4) is 0 Å². The molecule has 0 atom stereocenters. The van der Waals surface area contributed by atoms with Gasteiger partial charge in [0.25, 0.3) is 5.91 Å². The third-order valence-corrected chi connectivity index (χ3v) is 5.81. The number of aromatic nitrogens is 3. The van der Waals surface area contributed by atoms with Crippen LogP contribution in [0, 0.1) is 5.82 Å². The molecule has 0 bridgehead atoms. The molecule has 1 fully saturated rings. The van der Waals surface area contributed by atoms with Crippen LogP contribution in [0.4, 0.5) is 4.39 Å². The first-order valence-electron chi connectivity index (χ1n) is 7.57. The van der Waals surface area contributed by atoms with E-state index in [1.807, 2.05) is 18.0 Å². The van der Waals surface area contributed by atoms with Crippen LogP contribution in [-0.2, 0) is 5.41 Å². The SMILES string of the molecule is CC1(c2cnn3c2[nH]c2cc(F)cc(C(N)=O)c23)CCSCC1. The summed E-state index contributed by atoms with van der Waals surface area (Å²) in [5, 5.41) is 4.45. The summed E-state index contributed by atoms with van der Waals surface area (Å²) < 4.78 is 15.4. The summed E-state index contributed by atoms with van der Waals surface area (Å²) in [7, 11) is 0. The summed E-state index contributed by atoms with van der Waals surface area (Å²) in [6.07, 6.45) is 4.01. The number of carbonyl (C=O) groups is 1. The van der Waals surface area contributed by atoms with E-state index in [2.05, 4.69) is 17.0 Å². The lowest BCUT2D eigenvalue weighted by Crippen LogP contribution is -2.27. The normalized spacial score (nSPS) is 17.8. The van der Waals surface area contributed by atoms with Crippen molar-refractivity contribution in [2.45, 2.75) is 25.2 Å². The van der Waals surface area contributed by atoms with Gasteiger partial charge in [0.2, 0.25) is 0 Å². The van der Waals surface area contributed by atoms with Crippen molar-refractivity contribution >= 4 is 34.3 Å². The second kappa shape index (κ2) is 4.99. The molecule has 5 nitrogen and oxygen atoms in total. The highest BCUT2D eigenvalue weighted by atomic mass is 32.2. The third kappa shape index (κ3) is 2.14. The number of nitrogens with zero attached hydrogens (tertiary/aromatic N) is 2. The van der Waals surface area contributed by atoms with E-state index in [-0.39, 0.29) is 11.0 Å². The first-order valence-corrected chi connectivity index (χ1v) is 8.72. The van der Waals surface area contributed by atoms with Gasteiger partial charge in [-0.3, -0.25) is 4.79 Å². The van der Waals surface area contributed by atoms with Crippen LogP contribution >= 0.6 is 11.8 Å². The Morgan fingerprint density at radius 2 is 2.17 bits per heavy atom. The molecular weight excluding hydrogens is 315 g/mol. The largest absolute Gasteiger partial charge is 0.366 e. The zero-order valence-corrected chi connectivity index (χ0v) is 13.5. The first kappa shape index (κ1) is 14.6. The molecule has 4 rings (SSSR count). The number of nitrogens with one attached hydrogen (secondary N) is 1. The molecule has 3 aromatic rings. The van der Waals surface area contributed by atoms with Crippen LogP contribution in [0.2, 0.25) is 0 Å². The van der Waals surface area contributed by atoms with Crippen LogP contribution in [0.5, 0.6) is 0 Å². The standard InChI is InChI=1S/C16H17FN4OS/c1-16(2-4-23-5-3-16)11-8-19-21-13-10(14(18)22)6-9(17)7-12(13)20-15(11)21/h6-8,20H,2-5H2,1H3,(H2,18,22). The van der Waals surface area contributed by atoms with Crippen molar-refractivity contribution in [3.63, 3.8) is 0 Å². The number of aromatic amines is 1. The van der Waals surface area contributed by atoms with Gasteiger partial charge in [0.1, 0.15) is 17.0 Å². The summed E-state index contributed by atoms with van der Waals surface area (Å²) in [5.41, 5.74) is 8.61. The van der Waals surface area contributed by atoms with Gasteiger partial charge in [-0.1, -0.05) is 6.92 Å². The monoisotopic (exact) mass is 332 g/mol. The predicted octanol–water partition coefficient (Wildman–Crippen LogP) is 2.84. The Hall–Kier alpha value is -2.02. The summed E-state index contributed by atoms with van der Waals surface area (Å²) in [4.78, 5) is 14.9. The fourth-order valence-corrected chi connectivity index (χ4v) is 4.80. The van der Waals surface area contributed by atoms with Crippen molar-refractivity contribution in [3.05, 3.63) is 35.3 Å². The number of amides is 1. The molecule has 7 heteroatoms. The highest BCUT2D eigenvalue weighted by molar-refractivity contribution is 7.99. The zero-order chi connectivity index (χ0) is 16.2. The maximum Gasteiger partial charge on any atom is 0.251 e. The Balaban J connectivity index is 2.00. The molecular formula is C16H17FN4OS. The lowest BCUT2D eigenvalue weighted by molar-refractivity contribution is 0.100. The molecule has 2 aromatic heterocycles. The zero-order valence-electron chi connectivity index (χ0n) is 12.7. The molecule has 3 heterocycles. The van der Waals surface area contributed by atoms with E-state index < -0.39 is 11.7 Å². The van der Waals surface area contributed by atoms with Crippen molar-refractivity contribution in [1.82, 2.24) is 14.6 Å². The number of benzene rings is 1. The van der Waals surface area contributed by atoms with Gasteiger partial charge in [0.15, 0.2) is 0 Å². The third-order valence-electron chi connectivity index (χ3n) is 4.82. The van der Waals surface area contributed by atoms with Crippen molar-refractivity contribution in [1.29, 1.82) is 0 Å². The number of imidazole rings is 1. The summed E-state index contributed by atoms with van der Waals surface area (Å²) in [6.45, 7) is 2.24. The number of hydrogen-bond acceptors (Lipinski definition) is 3. The molecule has 1 aliphatic rings. The van der Waals surface area contributed by atoms with E-state index in [1.54, 1.807) is 4.52 Å². The average molecular weight is 332 g/mol.